The molecular weight excluding hydrogens is 426 g/mol. The number of anilines is 1. The van der Waals surface area contributed by atoms with Crippen molar-refractivity contribution in [3.8, 4) is 5.75 Å². The Hall–Kier alpha value is -3.20. The van der Waals surface area contributed by atoms with E-state index < -0.39 is 11.9 Å². The number of aromatic amines is 1. The van der Waals surface area contributed by atoms with Gasteiger partial charge in [0, 0.05) is 10.9 Å². The maximum Gasteiger partial charge on any atom is 0.291 e. The number of hydrogen-bond acceptors (Lipinski definition) is 5. The van der Waals surface area contributed by atoms with Gasteiger partial charge in [-0.05, 0) is 23.8 Å². The van der Waals surface area contributed by atoms with Crippen molar-refractivity contribution in [3.63, 3.8) is 0 Å². The molecule has 2 aromatic carbocycles. The molecule has 28 heavy (non-hydrogen) atoms. The van der Waals surface area contributed by atoms with Crippen LogP contribution in [0, 0.1) is 0 Å². The van der Waals surface area contributed by atoms with E-state index in [4.69, 9.17) is 4.74 Å². The van der Waals surface area contributed by atoms with Crippen LogP contribution in [-0.4, -0.2) is 39.6 Å². The van der Waals surface area contributed by atoms with Crippen LogP contribution in [0.3, 0.4) is 0 Å². The second kappa shape index (κ2) is 7.81. The van der Waals surface area contributed by atoms with E-state index in [1.165, 1.54) is 0 Å². The van der Waals surface area contributed by atoms with Gasteiger partial charge in [-0.25, -0.2) is 4.98 Å². The van der Waals surface area contributed by atoms with Gasteiger partial charge < -0.3 is 15.4 Å². The minimum absolute atomic E-state index is 0.00744. The molecular formula is C19H16BrN5O3. The number of benzene rings is 2. The predicted octanol–water partition coefficient (Wildman–Crippen LogP) is 2.29. The van der Waals surface area contributed by atoms with E-state index in [0.717, 1.165) is 10.0 Å². The van der Waals surface area contributed by atoms with Crippen molar-refractivity contribution in [3.05, 3.63) is 70.2 Å². The molecule has 0 radical (unpaired) electrons. The molecule has 2 heterocycles. The maximum absolute atomic E-state index is 12.5. The summed E-state index contributed by atoms with van der Waals surface area (Å²) in [6.45, 7) is 0.00744. The Morgan fingerprint density at radius 1 is 1.25 bits per heavy atom. The number of nitrogens with zero attached hydrogens (tertiary/aromatic N) is 2. The fourth-order valence-corrected chi connectivity index (χ4v) is 3.15. The summed E-state index contributed by atoms with van der Waals surface area (Å²) in [4.78, 5) is 29.1. The first-order valence-electron chi connectivity index (χ1n) is 8.58. The van der Waals surface area contributed by atoms with Crippen LogP contribution in [0.4, 0.5) is 5.69 Å². The first kappa shape index (κ1) is 18.2. The number of amides is 2. The van der Waals surface area contributed by atoms with Crippen molar-refractivity contribution in [2.24, 2.45) is 0 Å². The summed E-state index contributed by atoms with van der Waals surface area (Å²) < 4.78 is 6.45. The largest absolute Gasteiger partial charge is 0.489 e. The van der Waals surface area contributed by atoms with Crippen molar-refractivity contribution >= 4 is 33.4 Å². The van der Waals surface area contributed by atoms with E-state index in [-0.39, 0.29) is 18.3 Å². The van der Waals surface area contributed by atoms with Crippen LogP contribution in [-0.2, 0) is 11.2 Å². The van der Waals surface area contributed by atoms with Crippen LogP contribution in [0.2, 0.25) is 0 Å². The molecule has 142 valence electrons. The number of carbonyl (C=O) groups excluding carboxylic acids is 2. The highest BCUT2D eigenvalue weighted by Gasteiger charge is 2.28. The summed E-state index contributed by atoms with van der Waals surface area (Å²) in [5.74, 6) is 0.159. The van der Waals surface area contributed by atoms with Gasteiger partial charge in [0.25, 0.3) is 11.8 Å². The molecule has 3 aromatic rings. The molecule has 3 N–H and O–H groups in total. The third-order valence-corrected chi connectivity index (χ3v) is 4.67. The van der Waals surface area contributed by atoms with Gasteiger partial charge in [-0.3, -0.25) is 14.7 Å². The van der Waals surface area contributed by atoms with Gasteiger partial charge >= 0.3 is 0 Å². The second-order valence-corrected chi connectivity index (χ2v) is 7.15. The Kier molecular flexibility index (Phi) is 5.07. The lowest BCUT2D eigenvalue weighted by molar-refractivity contribution is -0.118. The minimum atomic E-state index is -0.866. The standard InChI is InChI=1S/C19H16BrN5O3/c20-12-6-7-15-13(9-12)21-18(26)14(10-28-15)22-19(27)17-23-16(24-25-17)8-11-4-2-1-3-5-11/h1-7,9,14H,8,10H2,(H,21,26)(H,22,27)(H,23,24,25)/t14-/m0/s1. The van der Waals surface area contributed by atoms with Crippen molar-refractivity contribution in [2.75, 3.05) is 11.9 Å². The zero-order valence-corrected chi connectivity index (χ0v) is 16.2. The third kappa shape index (κ3) is 4.04. The zero-order chi connectivity index (χ0) is 19.5. The van der Waals surface area contributed by atoms with Gasteiger partial charge in [-0.15, -0.1) is 5.10 Å². The molecule has 0 bridgehead atoms. The average Bonchev–Trinajstić information content (AvgIpc) is 3.09. The first-order valence-corrected chi connectivity index (χ1v) is 9.37. The summed E-state index contributed by atoms with van der Waals surface area (Å²) in [5, 5.41) is 12.1. The smallest absolute Gasteiger partial charge is 0.291 e. The van der Waals surface area contributed by atoms with Crippen LogP contribution in [0.15, 0.2) is 53.0 Å². The summed E-state index contributed by atoms with van der Waals surface area (Å²) in [6, 6.07) is 14.1. The highest BCUT2D eigenvalue weighted by Crippen LogP contribution is 2.30. The van der Waals surface area contributed by atoms with Crippen LogP contribution in [0.5, 0.6) is 5.75 Å². The van der Waals surface area contributed by atoms with Gasteiger partial charge in [0.05, 0.1) is 5.69 Å². The number of nitrogens with one attached hydrogen (secondary N) is 3. The number of aromatic nitrogens is 3. The molecule has 0 aliphatic carbocycles. The van der Waals surface area contributed by atoms with E-state index in [9.17, 15) is 9.59 Å². The summed E-state index contributed by atoms with van der Waals surface area (Å²) >= 11 is 3.35. The Labute approximate surface area is 168 Å². The van der Waals surface area contributed by atoms with Crippen molar-refractivity contribution < 1.29 is 14.3 Å². The van der Waals surface area contributed by atoms with E-state index >= 15 is 0 Å². The topological polar surface area (TPSA) is 109 Å². The van der Waals surface area contributed by atoms with E-state index in [1.807, 2.05) is 36.4 Å². The number of ether oxygens (including phenoxy) is 1. The summed E-state index contributed by atoms with van der Waals surface area (Å²) in [6.07, 6.45) is 0.526. The SMILES string of the molecule is O=C(N[C@H]1COc2ccc(Br)cc2NC1=O)c1n[nH]c(Cc2ccccc2)n1. The number of rotatable bonds is 4. The normalized spacial score (nSPS) is 15.8. The Morgan fingerprint density at radius 3 is 2.89 bits per heavy atom. The van der Waals surface area contributed by atoms with Gasteiger partial charge in [0.15, 0.2) is 0 Å². The summed E-state index contributed by atoms with van der Waals surface area (Å²) in [5.41, 5.74) is 1.59. The van der Waals surface area contributed by atoms with Crippen LogP contribution >= 0.6 is 15.9 Å². The third-order valence-electron chi connectivity index (χ3n) is 4.18. The lowest BCUT2D eigenvalue weighted by Gasteiger charge is -2.13. The number of halogens is 1. The lowest BCUT2D eigenvalue weighted by Crippen LogP contribution is -2.46. The molecule has 1 aromatic heterocycles. The number of H-pyrrole nitrogens is 1. The highest BCUT2D eigenvalue weighted by molar-refractivity contribution is 9.10. The summed E-state index contributed by atoms with van der Waals surface area (Å²) in [7, 11) is 0. The highest BCUT2D eigenvalue weighted by atomic mass is 79.9. The Bertz CT molecular complexity index is 1020. The molecule has 0 unspecified atom stereocenters. The van der Waals surface area contributed by atoms with E-state index in [1.54, 1.807) is 12.1 Å². The van der Waals surface area contributed by atoms with E-state index in [0.29, 0.717) is 23.7 Å². The van der Waals surface area contributed by atoms with Gasteiger partial charge in [0.1, 0.15) is 24.2 Å². The van der Waals surface area contributed by atoms with Gasteiger partial charge in [-0.1, -0.05) is 46.3 Å². The van der Waals surface area contributed by atoms with Gasteiger partial charge in [0.2, 0.25) is 5.82 Å². The Balaban J connectivity index is 1.42. The molecule has 0 saturated heterocycles. The average molecular weight is 442 g/mol. The Morgan fingerprint density at radius 2 is 2.07 bits per heavy atom. The first-order chi connectivity index (χ1) is 13.6. The molecule has 1 atom stereocenters. The monoisotopic (exact) mass is 441 g/mol. The second-order valence-electron chi connectivity index (χ2n) is 6.23. The maximum atomic E-state index is 12.5. The zero-order valence-electron chi connectivity index (χ0n) is 14.6. The van der Waals surface area contributed by atoms with Crippen LogP contribution < -0.4 is 15.4 Å². The molecule has 1 aliphatic rings. The van der Waals surface area contributed by atoms with Gasteiger partial charge in [-0.2, -0.15) is 0 Å². The molecule has 4 rings (SSSR count). The van der Waals surface area contributed by atoms with Crippen LogP contribution in [0.25, 0.3) is 0 Å². The molecule has 1 aliphatic heterocycles. The molecule has 2 amide bonds. The lowest BCUT2D eigenvalue weighted by atomic mass is 10.1. The van der Waals surface area contributed by atoms with Crippen molar-refractivity contribution in [1.29, 1.82) is 0 Å². The minimum Gasteiger partial charge on any atom is -0.489 e. The van der Waals surface area contributed by atoms with Crippen molar-refractivity contribution in [1.82, 2.24) is 20.5 Å². The molecule has 8 nitrogen and oxygen atoms in total. The van der Waals surface area contributed by atoms with Crippen LogP contribution in [0.1, 0.15) is 22.0 Å². The predicted molar refractivity (Wildman–Crippen MR) is 105 cm³/mol. The van der Waals surface area contributed by atoms with Crippen molar-refractivity contribution in [2.45, 2.75) is 12.5 Å². The number of hydrogen-bond donors (Lipinski definition) is 3. The number of carbonyl (C=O) groups is 2. The molecule has 0 saturated carbocycles. The molecule has 0 fully saturated rings. The fourth-order valence-electron chi connectivity index (χ4n) is 2.79. The van der Waals surface area contributed by atoms with E-state index in [2.05, 4.69) is 41.7 Å². The molecule has 9 heteroatoms. The number of fused-ring (bicyclic) bond motifs is 1. The fraction of sp³-hybridized carbons (Fsp3) is 0.158. The molecule has 0 spiro atoms. The quantitative estimate of drug-likeness (QED) is 0.575.